The third-order valence-corrected chi connectivity index (χ3v) is 7.26. The molecule has 33 heavy (non-hydrogen) atoms. The third-order valence-electron chi connectivity index (χ3n) is 6.75. The van der Waals surface area contributed by atoms with Gasteiger partial charge in [-0.15, -0.1) is 0 Å². The smallest absolute Gasteiger partial charge is 0.185 e. The molecule has 2 aromatic carbocycles. The molecule has 1 spiro atoms. The number of anilines is 3. The van der Waals surface area contributed by atoms with E-state index in [4.69, 9.17) is 40.1 Å². The Morgan fingerprint density at radius 1 is 1.18 bits per heavy atom. The van der Waals surface area contributed by atoms with E-state index < -0.39 is 0 Å². The van der Waals surface area contributed by atoms with Crippen molar-refractivity contribution in [1.82, 2.24) is 4.90 Å². The number of piperidine rings is 1. The lowest BCUT2D eigenvalue weighted by Crippen LogP contribution is -2.47. The first-order chi connectivity index (χ1) is 15.6. The van der Waals surface area contributed by atoms with E-state index in [0.717, 1.165) is 66.9 Å². The number of para-hydroxylation sites is 2. The summed E-state index contributed by atoms with van der Waals surface area (Å²) in [5, 5.41) is 2.26. The van der Waals surface area contributed by atoms with Gasteiger partial charge in [0.15, 0.2) is 5.11 Å². The van der Waals surface area contributed by atoms with Gasteiger partial charge >= 0.3 is 0 Å². The van der Waals surface area contributed by atoms with E-state index in [1.165, 1.54) is 10.6 Å². The summed E-state index contributed by atoms with van der Waals surface area (Å²) in [7, 11) is 1.70. The number of benzene rings is 2. The van der Waals surface area contributed by atoms with Crippen molar-refractivity contribution in [3.05, 3.63) is 47.0 Å². The first-order valence-electron chi connectivity index (χ1n) is 11.4. The number of fused-ring (bicyclic) bond motifs is 2. The second-order valence-electron chi connectivity index (χ2n) is 10.4. The molecular weight excluding hydrogens is 454 g/mol. The second kappa shape index (κ2) is 8.95. The fraction of sp³-hybridized carbons (Fsp3) is 0.480. The van der Waals surface area contributed by atoms with Crippen LogP contribution < -0.4 is 26.2 Å². The maximum Gasteiger partial charge on any atom is 0.185 e. The highest BCUT2D eigenvalue weighted by molar-refractivity contribution is 7.80. The summed E-state index contributed by atoms with van der Waals surface area (Å²) in [4.78, 5) is 4.86. The number of hydrogen-bond donors (Lipinski definition) is 2. The molecule has 4 N–H and O–H groups in total. The van der Waals surface area contributed by atoms with Crippen LogP contribution >= 0.6 is 23.8 Å². The van der Waals surface area contributed by atoms with E-state index in [-0.39, 0.29) is 15.9 Å². The molecule has 0 aromatic heterocycles. The minimum Gasteiger partial charge on any atom is -0.495 e. The molecule has 0 aliphatic carbocycles. The van der Waals surface area contributed by atoms with E-state index in [9.17, 15) is 0 Å². The predicted octanol–water partition coefficient (Wildman–Crippen LogP) is 4.80. The summed E-state index contributed by atoms with van der Waals surface area (Å²) >= 11 is 12.1. The van der Waals surface area contributed by atoms with E-state index in [1.807, 2.05) is 36.4 Å². The van der Waals surface area contributed by atoms with Gasteiger partial charge in [-0.3, -0.25) is 5.01 Å². The maximum absolute atomic E-state index is 6.90. The van der Waals surface area contributed by atoms with Gasteiger partial charge in [-0.05, 0) is 67.8 Å². The van der Waals surface area contributed by atoms with Gasteiger partial charge in [0.05, 0.1) is 24.2 Å². The molecule has 0 atom stereocenters. The normalized spacial score (nSPS) is 17.8. The number of nitrogens with zero attached hydrogens (tertiary/aromatic N) is 3. The molecule has 6 nitrogen and oxygen atoms in total. The van der Waals surface area contributed by atoms with Gasteiger partial charge < -0.3 is 20.3 Å². The number of methoxy groups -OCH3 is 1. The standard InChI is InChI=1S/C25H34ClN5OS/c1-24(2,3)15-29-13-11-25(12-14-29)16-30(22-20(32-4)10-9-17(26)21(22)25)18-7-5-6-8-19(18)31(28)23(27)33/h5-10H,11-16,28H2,1-4H3,(H2,27,33). The molecule has 0 bridgehead atoms. The zero-order valence-electron chi connectivity index (χ0n) is 19.9. The summed E-state index contributed by atoms with van der Waals surface area (Å²) in [6, 6.07) is 11.8. The topological polar surface area (TPSA) is 71.0 Å². The van der Waals surface area contributed by atoms with Crippen molar-refractivity contribution in [2.45, 2.75) is 39.0 Å². The van der Waals surface area contributed by atoms with Crippen molar-refractivity contribution >= 4 is 46.0 Å². The summed E-state index contributed by atoms with van der Waals surface area (Å²) in [5.74, 6) is 7.05. The lowest BCUT2D eigenvalue weighted by Gasteiger charge is -2.42. The Balaban J connectivity index is 1.79. The number of nitrogens with two attached hydrogens (primary N) is 2. The number of rotatable bonds is 4. The highest BCUT2D eigenvalue weighted by Gasteiger charge is 2.48. The molecule has 178 valence electrons. The minimum absolute atomic E-state index is 0.0644. The Labute approximate surface area is 207 Å². The number of hydrogen-bond acceptors (Lipinski definition) is 5. The molecule has 0 amide bonds. The number of hydrazine groups is 1. The Bertz CT molecular complexity index is 1050. The fourth-order valence-corrected chi connectivity index (χ4v) is 5.84. The molecule has 1 saturated heterocycles. The number of ether oxygens (including phenoxy) is 1. The van der Waals surface area contributed by atoms with Crippen molar-refractivity contribution in [3.63, 3.8) is 0 Å². The molecule has 4 rings (SSSR count). The van der Waals surface area contributed by atoms with Gasteiger partial charge in [0.2, 0.25) is 0 Å². The zero-order chi connectivity index (χ0) is 24.0. The van der Waals surface area contributed by atoms with Crippen LogP contribution in [0.1, 0.15) is 39.2 Å². The molecule has 0 saturated carbocycles. The van der Waals surface area contributed by atoms with E-state index in [0.29, 0.717) is 0 Å². The molecule has 8 heteroatoms. The second-order valence-corrected chi connectivity index (χ2v) is 11.2. The van der Waals surface area contributed by atoms with Gasteiger partial charge in [-0.25, -0.2) is 5.84 Å². The number of likely N-dealkylation sites (tertiary alicyclic amines) is 1. The first kappa shape index (κ1) is 24.1. The monoisotopic (exact) mass is 487 g/mol. The van der Waals surface area contributed by atoms with Crippen LogP contribution in [0.15, 0.2) is 36.4 Å². The van der Waals surface area contributed by atoms with E-state index in [2.05, 4.69) is 30.6 Å². The fourth-order valence-electron chi connectivity index (χ4n) is 5.38. The highest BCUT2D eigenvalue weighted by Crippen LogP contribution is 2.56. The Kier molecular flexibility index (Phi) is 6.53. The van der Waals surface area contributed by atoms with Crippen LogP contribution in [0, 0.1) is 5.41 Å². The van der Waals surface area contributed by atoms with Gasteiger partial charge in [0.25, 0.3) is 0 Å². The third kappa shape index (κ3) is 4.52. The van der Waals surface area contributed by atoms with Gasteiger partial charge in [-0.1, -0.05) is 44.5 Å². The Morgan fingerprint density at radius 2 is 1.85 bits per heavy atom. The summed E-state index contributed by atoms with van der Waals surface area (Å²) in [6.45, 7) is 10.8. The molecule has 0 radical (unpaired) electrons. The van der Waals surface area contributed by atoms with Crippen molar-refractivity contribution < 1.29 is 4.74 Å². The largest absolute Gasteiger partial charge is 0.495 e. The van der Waals surface area contributed by atoms with Crippen molar-refractivity contribution in [3.8, 4) is 5.75 Å². The van der Waals surface area contributed by atoms with Crippen LogP contribution in [-0.4, -0.2) is 43.3 Å². The van der Waals surface area contributed by atoms with E-state index in [1.54, 1.807) is 7.11 Å². The first-order valence-corrected chi connectivity index (χ1v) is 12.2. The van der Waals surface area contributed by atoms with E-state index >= 15 is 0 Å². The highest BCUT2D eigenvalue weighted by atomic mass is 35.5. The average molecular weight is 488 g/mol. The van der Waals surface area contributed by atoms with Gasteiger partial charge in [-0.2, -0.15) is 0 Å². The summed E-state index contributed by atoms with van der Waals surface area (Å²) in [6.07, 6.45) is 2.06. The van der Waals surface area contributed by atoms with Crippen LogP contribution in [0.4, 0.5) is 17.1 Å². The molecular formula is C25H34ClN5OS. The minimum atomic E-state index is -0.0644. The van der Waals surface area contributed by atoms with Crippen LogP contribution in [0.2, 0.25) is 5.02 Å². The average Bonchev–Trinajstić information content (AvgIpc) is 3.10. The summed E-state index contributed by atoms with van der Waals surface area (Å²) < 4.78 is 5.83. The van der Waals surface area contributed by atoms with Crippen molar-refractivity contribution in [2.75, 3.05) is 43.2 Å². The number of halogens is 1. The molecule has 2 aliphatic rings. The van der Waals surface area contributed by atoms with Crippen LogP contribution in [0.25, 0.3) is 0 Å². The van der Waals surface area contributed by atoms with Crippen LogP contribution in [0.5, 0.6) is 5.75 Å². The van der Waals surface area contributed by atoms with Crippen molar-refractivity contribution in [2.24, 2.45) is 17.0 Å². The molecule has 0 unspecified atom stereocenters. The lowest BCUT2D eigenvalue weighted by atomic mass is 9.74. The quantitative estimate of drug-likeness (QED) is 0.364. The Hall–Kier alpha value is -2.06. The Morgan fingerprint density at radius 3 is 2.45 bits per heavy atom. The van der Waals surface area contributed by atoms with Gasteiger partial charge in [0, 0.05) is 29.1 Å². The van der Waals surface area contributed by atoms with Crippen molar-refractivity contribution in [1.29, 1.82) is 0 Å². The lowest BCUT2D eigenvalue weighted by molar-refractivity contribution is 0.125. The van der Waals surface area contributed by atoms with Crippen LogP contribution in [0.3, 0.4) is 0 Å². The SMILES string of the molecule is COc1ccc(Cl)c2c1N(c1ccccc1N(N)C(N)=S)CC21CCN(CC(C)(C)C)CC1. The molecule has 2 aliphatic heterocycles. The number of thiocarbonyl (C=S) groups is 1. The van der Waals surface area contributed by atoms with Crippen LogP contribution in [-0.2, 0) is 5.41 Å². The molecule has 2 aromatic rings. The maximum atomic E-state index is 6.90. The van der Waals surface area contributed by atoms with Gasteiger partial charge in [0.1, 0.15) is 5.75 Å². The zero-order valence-corrected chi connectivity index (χ0v) is 21.5. The predicted molar refractivity (Wildman–Crippen MR) is 142 cm³/mol. The molecule has 1 fully saturated rings. The molecule has 2 heterocycles. The summed E-state index contributed by atoms with van der Waals surface area (Å²) in [5.41, 5.74) is 9.95.